The molecular weight excluding hydrogens is 266 g/mol. The molecule has 0 amide bonds. The second kappa shape index (κ2) is 5.81. The highest BCUT2D eigenvalue weighted by molar-refractivity contribution is 7.89. The van der Waals surface area contributed by atoms with Crippen LogP contribution in [0.2, 0.25) is 0 Å². The van der Waals surface area contributed by atoms with Gasteiger partial charge in [-0.2, -0.15) is 0 Å². The minimum absolute atomic E-state index is 0.0233. The maximum absolute atomic E-state index is 12.2. The van der Waals surface area contributed by atoms with Crippen LogP contribution < -0.4 is 16.0 Å². The van der Waals surface area contributed by atoms with E-state index in [0.29, 0.717) is 5.92 Å². The number of sulfonamides is 1. The SMILES string of the molecule is CCC(CC1CC1)NS(=O)(=O)c1cnc(NN)nc1. The van der Waals surface area contributed by atoms with Crippen molar-refractivity contribution in [1.82, 2.24) is 14.7 Å². The van der Waals surface area contributed by atoms with E-state index >= 15 is 0 Å². The molecule has 7 nitrogen and oxygen atoms in total. The zero-order valence-corrected chi connectivity index (χ0v) is 11.7. The van der Waals surface area contributed by atoms with Gasteiger partial charge in [-0.1, -0.05) is 19.8 Å². The Labute approximate surface area is 113 Å². The molecule has 0 aromatic carbocycles. The molecule has 1 saturated carbocycles. The molecule has 1 heterocycles. The highest BCUT2D eigenvalue weighted by Crippen LogP contribution is 2.34. The van der Waals surface area contributed by atoms with Gasteiger partial charge in [0.15, 0.2) is 0 Å². The lowest BCUT2D eigenvalue weighted by Gasteiger charge is -2.16. The average Bonchev–Trinajstić information content (AvgIpc) is 3.21. The third kappa shape index (κ3) is 3.85. The van der Waals surface area contributed by atoms with Gasteiger partial charge < -0.3 is 0 Å². The van der Waals surface area contributed by atoms with E-state index in [1.54, 1.807) is 0 Å². The summed E-state index contributed by atoms with van der Waals surface area (Å²) in [6, 6.07) is -0.0233. The maximum atomic E-state index is 12.2. The fourth-order valence-corrected chi connectivity index (χ4v) is 3.09. The summed E-state index contributed by atoms with van der Waals surface area (Å²) in [7, 11) is -3.56. The smallest absolute Gasteiger partial charge is 0.243 e. The number of hydrogen-bond acceptors (Lipinski definition) is 6. The van der Waals surface area contributed by atoms with E-state index in [-0.39, 0.29) is 16.9 Å². The van der Waals surface area contributed by atoms with Crippen molar-refractivity contribution in [3.63, 3.8) is 0 Å². The van der Waals surface area contributed by atoms with Gasteiger partial charge in [0.2, 0.25) is 16.0 Å². The maximum Gasteiger partial charge on any atom is 0.243 e. The van der Waals surface area contributed by atoms with Gasteiger partial charge in [-0.3, -0.25) is 5.43 Å². The first-order valence-corrected chi connectivity index (χ1v) is 7.84. The Morgan fingerprint density at radius 2 is 2.05 bits per heavy atom. The minimum atomic E-state index is -3.56. The Kier molecular flexibility index (Phi) is 4.33. The molecule has 1 atom stereocenters. The molecule has 0 bridgehead atoms. The molecule has 1 aromatic rings. The molecule has 1 fully saturated rings. The Balaban J connectivity index is 2.06. The summed E-state index contributed by atoms with van der Waals surface area (Å²) in [4.78, 5) is 7.66. The van der Waals surface area contributed by atoms with Gasteiger partial charge in [0.05, 0.1) is 12.4 Å². The van der Waals surface area contributed by atoms with Crippen molar-refractivity contribution in [3.05, 3.63) is 12.4 Å². The van der Waals surface area contributed by atoms with Crippen molar-refractivity contribution >= 4 is 16.0 Å². The number of nitrogens with two attached hydrogens (primary N) is 1. The van der Waals surface area contributed by atoms with Crippen molar-refractivity contribution in [2.75, 3.05) is 5.43 Å². The van der Waals surface area contributed by atoms with Crippen molar-refractivity contribution in [2.45, 2.75) is 43.5 Å². The summed E-state index contributed by atoms with van der Waals surface area (Å²) in [6.07, 6.45) is 6.58. The van der Waals surface area contributed by atoms with Crippen molar-refractivity contribution in [2.24, 2.45) is 11.8 Å². The predicted octanol–water partition coefficient (Wildman–Crippen LogP) is 0.619. The van der Waals surface area contributed by atoms with Crippen LogP contribution in [0.3, 0.4) is 0 Å². The number of aromatic nitrogens is 2. The summed E-state index contributed by atoms with van der Waals surface area (Å²) in [6.45, 7) is 1.98. The number of hydrogen-bond donors (Lipinski definition) is 3. The summed E-state index contributed by atoms with van der Waals surface area (Å²) < 4.78 is 27.0. The van der Waals surface area contributed by atoms with Crippen LogP contribution in [0.1, 0.15) is 32.6 Å². The van der Waals surface area contributed by atoms with Crippen LogP contribution in [0.4, 0.5) is 5.95 Å². The zero-order valence-electron chi connectivity index (χ0n) is 10.8. The van der Waals surface area contributed by atoms with Gasteiger partial charge >= 0.3 is 0 Å². The number of nitrogen functional groups attached to an aromatic ring is 1. The first-order valence-electron chi connectivity index (χ1n) is 6.36. The standard InChI is InChI=1S/C11H19N5O2S/c1-2-9(5-8-3-4-8)16-19(17,18)10-6-13-11(15-12)14-7-10/h6-9,16H,2-5,12H2,1H3,(H,13,14,15). The van der Waals surface area contributed by atoms with E-state index in [0.717, 1.165) is 12.8 Å². The van der Waals surface area contributed by atoms with Gasteiger partial charge in [0.25, 0.3) is 0 Å². The molecule has 106 valence electrons. The second-order valence-corrected chi connectivity index (χ2v) is 6.51. The van der Waals surface area contributed by atoms with E-state index < -0.39 is 10.0 Å². The topological polar surface area (TPSA) is 110 Å². The van der Waals surface area contributed by atoms with Crippen molar-refractivity contribution in [3.8, 4) is 0 Å². The monoisotopic (exact) mass is 285 g/mol. The Morgan fingerprint density at radius 3 is 2.53 bits per heavy atom. The highest BCUT2D eigenvalue weighted by Gasteiger charge is 2.27. The fraction of sp³-hybridized carbons (Fsp3) is 0.636. The van der Waals surface area contributed by atoms with Crippen LogP contribution in [-0.4, -0.2) is 24.4 Å². The van der Waals surface area contributed by atoms with Gasteiger partial charge in [0, 0.05) is 6.04 Å². The van der Waals surface area contributed by atoms with Crippen LogP contribution >= 0.6 is 0 Å². The molecule has 4 N–H and O–H groups in total. The summed E-state index contributed by atoms with van der Waals surface area (Å²) >= 11 is 0. The van der Waals surface area contributed by atoms with Crippen molar-refractivity contribution in [1.29, 1.82) is 0 Å². The third-order valence-corrected chi connectivity index (χ3v) is 4.67. The Hall–Kier alpha value is -1.25. The molecule has 8 heteroatoms. The van der Waals surface area contributed by atoms with Crippen LogP contribution in [0.25, 0.3) is 0 Å². The van der Waals surface area contributed by atoms with Crippen LogP contribution in [0.15, 0.2) is 17.3 Å². The largest absolute Gasteiger partial charge is 0.292 e. The van der Waals surface area contributed by atoms with Gasteiger partial charge in [0.1, 0.15) is 4.90 Å². The van der Waals surface area contributed by atoms with E-state index in [2.05, 4.69) is 20.1 Å². The first-order chi connectivity index (χ1) is 9.05. The molecule has 19 heavy (non-hydrogen) atoms. The normalized spacial score (nSPS) is 17.2. The van der Waals surface area contributed by atoms with Crippen LogP contribution in [0, 0.1) is 5.92 Å². The molecule has 0 radical (unpaired) electrons. The third-order valence-electron chi connectivity index (χ3n) is 3.20. The van der Waals surface area contributed by atoms with Crippen LogP contribution in [-0.2, 0) is 10.0 Å². The highest BCUT2D eigenvalue weighted by atomic mass is 32.2. The van der Waals surface area contributed by atoms with E-state index in [4.69, 9.17) is 5.84 Å². The summed E-state index contributed by atoms with van der Waals surface area (Å²) in [5.74, 6) is 5.99. The molecule has 0 aliphatic heterocycles. The predicted molar refractivity (Wildman–Crippen MR) is 71.6 cm³/mol. The molecule has 2 rings (SSSR count). The Bertz CT molecular complexity index is 512. The first kappa shape index (κ1) is 14.2. The molecule has 0 spiro atoms. The molecule has 1 aliphatic carbocycles. The zero-order chi connectivity index (χ0) is 13.9. The lowest BCUT2D eigenvalue weighted by Crippen LogP contribution is -2.35. The van der Waals surface area contributed by atoms with Gasteiger partial charge in [-0.05, 0) is 18.8 Å². The number of hydrazine groups is 1. The quantitative estimate of drug-likeness (QED) is 0.500. The van der Waals surface area contributed by atoms with Crippen LogP contribution in [0.5, 0.6) is 0 Å². The Morgan fingerprint density at radius 1 is 1.42 bits per heavy atom. The molecule has 1 aliphatic rings. The van der Waals surface area contributed by atoms with E-state index in [9.17, 15) is 8.42 Å². The molecular formula is C11H19N5O2S. The number of nitrogens with zero attached hydrogens (tertiary/aromatic N) is 2. The van der Waals surface area contributed by atoms with Gasteiger partial charge in [-0.25, -0.2) is 29.0 Å². The molecule has 1 unspecified atom stereocenters. The molecule has 0 saturated heterocycles. The van der Waals surface area contributed by atoms with E-state index in [1.165, 1.54) is 25.2 Å². The minimum Gasteiger partial charge on any atom is -0.292 e. The molecule has 1 aromatic heterocycles. The number of nitrogens with one attached hydrogen (secondary N) is 2. The lowest BCUT2D eigenvalue weighted by atomic mass is 10.1. The average molecular weight is 285 g/mol. The number of rotatable bonds is 7. The van der Waals surface area contributed by atoms with Gasteiger partial charge in [-0.15, -0.1) is 0 Å². The number of anilines is 1. The lowest BCUT2D eigenvalue weighted by molar-refractivity contribution is 0.495. The van der Waals surface area contributed by atoms with E-state index in [1.807, 2.05) is 6.92 Å². The van der Waals surface area contributed by atoms with Crippen molar-refractivity contribution < 1.29 is 8.42 Å². The summed E-state index contributed by atoms with van der Waals surface area (Å²) in [5.41, 5.74) is 2.25. The second-order valence-electron chi connectivity index (χ2n) is 4.79. The fourth-order valence-electron chi connectivity index (χ4n) is 1.87. The summed E-state index contributed by atoms with van der Waals surface area (Å²) in [5, 5.41) is 0.